The molecular formula is C12H13N3O2S. The molecule has 2 aromatic rings. The van der Waals surface area contributed by atoms with Crippen molar-refractivity contribution >= 4 is 17.4 Å². The van der Waals surface area contributed by atoms with Crippen LogP contribution in [0.3, 0.4) is 0 Å². The quantitative estimate of drug-likeness (QED) is 0.803. The molecule has 0 unspecified atom stereocenters. The summed E-state index contributed by atoms with van der Waals surface area (Å²) in [7, 11) is 0. The summed E-state index contributed by atoms with van der Waals surface area (Å²) in [6, 6.07) is 9.90. The number of nitrogen functional groups attached to an aromatic ring is 1. The van der Waals surface area contributed by atoms with Crippen LogP contribution in [0.15, 0.2) is 51.0 Å². The van der Waals surface area contributed by atoms with Crippen molar-refractivity contribution in [2.75, 3.05) is 11.5 Å². The Kier molecular flexibility index (Phi) is 3.88. The molecule has 0 bridgehead atoms. The lowest BCUT2D eigenvalue weighted by molar-refractivity contribution is 0.703. The van der Waals surface area contributed by atoms with Crippen molar-refractivity contribution < 1.29 is 0 Å². The smallest absolute Gasteiger partial charge is 0.328 e. The second-order valence-electron chi connectivity index (χ2n) is 3.70. The molecule has 0 aliphatic carbocycles. The van der Waals surface area contributed by atoms with Gasteiger partial charge in [0.2, 0.25) is 0 Å². The van der Waals surface area contributed by atoms with Crippen LogP contribution in [-0.4, -0.2) is 15.3 Å². The number of nitrogens with one attached hydrogen (secondary N) is 1. The summed E-state index contributed by atoms with van der Waals surface area (Å²) in [5.74, 6) is 0.732. The summed E-state index contributed by atoms with van der Waals surface area (Å²) in [6.45, 7) is 0.499. The summed E-state index contributed by atoms with van der Waals surface area (Å²) in [6.07, 6.45) is 1.38. The normalized spacial score (nSPS) is 10.4. The topological polar surface area (TPSA) is 80.9 Å². The molecule has 1 aromatic carbocycles. The molecule has 0 spiro atoms. The van der Waals surface area contributed by atoms with Gasteiger partial charge in [0.25, 0.3) is 5.56 Å². The van der Waals surface area contributed by atoms with Crippen LogP contribution in [-0.2, 0) is 6.54 Å². The first kappa shape index (κ1) is 12.5. The molecule has 1 aromatic heterocycles. The molecule has 0 radical (unpaired) electrons. The molecule has 3 N–H and O–H groups in total. The van der Waals surface area contributed by atoms with E-state index in [1.54, 1.807) is 11.8 Å². The molecule has 94 valence electrons. The van der Waals surface area contributed by atoms with Crippen LogP contribution in [0.25, 0.3) is 0 Å². The van der Waals surface area contributed by atoms with E-state index in [0.29, 0.717) is 6.54 Å². The number of hydrogen-bond donors (Lipinski definition) is 2. The Morgan fingerprint density at radius 1 is 1.22 bits per heavy atom. The number of benzene rings is 1. The fraction of sp³-hybridized carbons (Fsp3) is 0.167. The first-order valence-electron chi connectivity index (χ1n) is 5.44. The summed E-state index contributed by atoms with van der Waals surface area (Å²) in [4.78, 5) is 25.9. The van der Waals surface area contributed by atoms with Gasteiger partial charge >= 0.3 is 5.69 Å². The van der Waals surface area contributed by atoms with Crippen molar-refractivity contribution in [3.8, 4) is 0 Å². The van der Waals surface area contributed by atoms with Gasteiger partial charge in [0.05, 0.1) is 0 Å². The fourth-order valence-corrected chi connectivity index (χ4v) is 2.34. The highest BCUT2D eigenvalue weighted by Crippen LogP contribution is 2.16. The van der Waals surface area contributed by atoms with E-state index in [1.807, 2.05) is 30.3 Å². The minimum atomic E-state index is -0.535. The largest absolute Gasteiger partial charge is 0.393 e. The number of aromatic nitrogens is 2. The Labute approximate surface area is 108 Å². The molecule has 0 fully saturated rings. The number of rotatable bonds is 4. The van der Waals surface area contributed by atoms with E-state index in [4.69, 9.17) is 5.73 Å². The van der Waals surface area contributed by atoms with Gasteiger partial charge in [-0.25, -0.2) is 4.79 Å². The second-order valence-corrected chi connectivity index (χ2v) is 4.87. The van der Waals surface area contributed by atoms with Crippen LogP contribution in [0.5, 0.6) is 0 Å². The zero-order chi connectivity index (χ0) is 13.0. The average Bonchev–Trinajstić information content (AvgIpc) is 2.37. The SMILES string of the molecule is Nc1cn(CCSc2ccccc2)c(=O)[nH]c1=O. The van der Waals surface area contributed by atoms with Gasteiger partial charge in [0, 0.05) is 23.4 Å². The summed E-state index contributed by atoms with van der Waals surface area (Å²) < 4.78 is 1.41. The third kappa shape index (κ3) is 3.04. The minimum Gasteiger partial charge on any atom is -0.393 e. The molecule has 0 saturated carbocycles. The zero-order valence-corrected chi connectivity index (χ0v) is 10.4. The number of hydrogen-bond acceptors (Lipinski definition) is 4. The van der Waals surface area contributed by atoms with Crippen LogP contribution in [0.4, 0.5) is 5.69 Å². The van der Waals surface area contributed by atoms with Gasteiger partial charge < -0.3 is 5.73 Å². The standard InChI is InChI=1S/C12H13N3O2S/c13-10-8-15(12(17)14-11(10)16)6-7-18-9-4-2-1-3-5-9/h1-5,8H,6-7,13H2,(H,14,16,17). The molecule has 0 saturated heterocycles. The maximum absolute atomic E-state index is 11.5. The maximum Gasteiger partial charge on any atom is 0.328 e. The van der Waals surface area contributed by atoms with Gasteiger partial charge in [0.15, 0.2) is 0 Å². The van der Waals surface area contributed by atoms with Gasteiger partial charge in [-0.3, -0.25) is 14.3 Å². The molecule has 1 heterocycles. The predicted octanol–water partition coefficient (Wildman–Crippen LogP) is 0.911. The number of nitrogens with zero attached hydrogens (tertiary/aromatic N) is 1. The van der Waals surface area contributed by atoms with Gasteiger partial charge in [-0.05, 0) is 12.1 Å². The van der Waals surface area contributed by atoms with Gasteiger partial charge in [0.1, 0.15) is 5.69 Å². The van der Waals surface area contributed by atoms with E-state index >= 15 is 0 Å². The van der Waals surface area contributed by atoms with Crippen LogP contribution in [0.1, 0.15) is 0 Å². The fourth-order valence-electron chi connectivity index (χ4n) is 1.47. The van der Waals surface area contributed by atoms with Crippen molar-refractivity contribution in [1.82, 2.24) is 9.55 Å². The molecule has 2 rings (SSSR count). The lowest BCUT2D eigenvalue weighted by Gasteiger charge is -2.05. The highest BCUT2D eigenvalue weighted by atomic mass is 32.2. The van der Waals surface area contributed by atoms with E-state index < -0.39 is 11.2 Å². The Morgan fingerprint density at radius 3 is 2.67 bits per heavy atom. The van der Waals surface area contributed by atoms with Gasteiger partial charge in [-0.2, -0.15) is 0 Å². The van der Waals surface area contributed by atoms with E-state index in [2.05, 4.69) is 4.98 Å². The minimum absolute atomic E-state index is 0.0549. The third-order valence-electron chi connectivity index (χ3n) is 2.38. The Bertz CT molecular complexity index is 634. The van der Waals surface area contributed by atoms with E-state index in [0.717, 1.165) is 10.6 Å². The molecule has 6 heteroatoms. The van der Waals surface area contributed by atoms with Crippen LogP contribution in [0, 0.1) is 0 Å². The number of H-pyrrole nitrogens is 1. The first-order chi connectivity index (χ1) is 8.66. The van der Waals surface area contributed by atoms with Gasteiger partial charge in [-0.15, -0.1) is 11.8 Å². The summed E-state index contributed by atoms with van der Waals surface area (Å²) in [5, 5.41) is 0. The number of nitrogens with two attached hydrogens (primary N) is 1. The number of aryl methyl sites for hydroxylation is 1. The number of aromatic amines is 1. The molecular weight excluding hydrogens is 250 g/mol. The molecule has 0 atom stereocenters. The second kappa shape index (κ2) is 5.59. The van der Waals surface area contributed by atoms with E-state index in [1.165, 1.54) is 10.8 Å². The Morgan fingerprint density at radius 2 is 1.94 bits per heavy atom. The molecule has 18 heavy (non-hydrogen) atoms. The highest BCUT2D eigenvalue weighted by Gasteiger charge is 2.01. The van der Waals surface area contributed by atoms with E-state index in [-0.39, 0.29) is 5.69 Å². The van der Waals surface area contributed by atoms with Crippen LogP contribution < -0.4 is 17.0 Å². The Balaban J connectivity index is 2.01. The Hall–Kier alpha value is -1.95. The number of anilines is 1. The maximum atomic E-state index is 11.5. The van der Waals surface area contributed by atoms with Crippen molar-refractivity contribution in [2.45, 2.75) is 11.4 Å². The van der Waals surface area contributed by atoms with Crippen molar-refractivity contribution in [3.05, 3.63) is 57.4 Å². The summed E-state index contributed by atoms with van der Waals surface area (Å²) in [5.41, 5.74) is 4.55. The average molecular weight is 263 g/mol. The molecule has 0 aliphatic heterocycles. The third-order valence-corrected chi connectivity index (χ3v) is 3.37. The van der Waals surface area contributed by atoms with Crippen LogP contribution in [0.2, 0.25) is 0 Å². The molecule has 5 nitrogen and oxygen atoms in total. The van der Waals surface area contributed by atoms with Crippen molar-refractivity contribution in [2.24, 2.45) is 0 Å². The lowest BCUT2D eigenvalue weighted by Crippen LogP contribution is -2.31. The lowest BCUT2D eigenvalue weighted by atomic mass is 10.4. The van der Waals surface area contributed by atoms with E-state index in [9.17, 15) is 9.59 Å². The number of thioether (sulfide) groups is 1. The molecule has 0 amide bonds. The van der Waals surface area contributed by atoms with Crippen LogP contribution >= 0.6 is 11.8 Å². The highest BCUT2D eigenvalue weighted by molar-refractivity contribution is 7.99. The van der Waals surface area contributed by atoms with Crippen molar-refractivity contribution in [3.63, 3.8) is 0 Å². The monoisotopic (exact) mass is 263 g/mol. The summed E-state index contributed by atoms with van der Waals surface area (Å²) >= 11 is 1.64. The predicted molar refractivity (Wildman–Crippen MR) is 72.9 cm³/mol. The first-order valence-corrected chi connectivity index (χ1v) is 6.42. The van der Waals surface area contributed by atoms with Gasteiger partial charge in [-0.1, -0.05) is 18.2 Å². The zero-order valence-electron chi connectivity index (χ0n) is 9.63. The molecule has 0 aliphatic rings. The van der Waals surface area contributed by atoms with Crippen molar-refractivity contribution in [1.29, 1.82) is 0 Å².